The van der Waals surface area contributed by atoms with Crippen LogP contribution in [0, 0.1) is 13.8 Å². The highest BCUT2D eigenvalue weighted by atomic mass is 16.5. The summed E-state index contributed by atoms with van der Waals surface area (Å²) in [6.45, 7) is 4.54. The molecule has 2 N–H and O–H groups in total. The van der Waals surface area contributed by atoms with Gasteiger partial charge in [0.25, 0.3) is 5.56 Å². The van der Waals surface area contributed by atoms with Crippen LogP contribution in [0.5, 0.6) is 5.75 Å². The maximum atomic E-state index is 13.3. The molecule has 1 heterocycles. The van der Waals surface area contributed by atoms with E-state index >= 15 is 0 Å². The molecule has 0 fully saturated rings. The lowest BCUT2D eigenvalue weighted by atomic mass is 10.1. The summed E-state index contributed by atoms with van der Waals surface area (Å²) in [6, 6.07) is 22.7. The van der Waals surface area contributed by atoms with E-state index < -0.39 is 0 Å². The monoisotopic (exact) mass is 441 g/mol. The molecule has 0 aliphatic carbocycles. The van der Waals surface area contributed by atoms with Crippen LogP contribution < -0.4 is 15.6 Å². The molecule has 0 saturated heterocycles. The minimum absolute atomic E-state index is 0.161. The number of aryl methyl sites for hydroxylation is 2. The number of pyridine rings is 1. The van der Waals surface area contributed by atoms with Crippen molar-refractivity contribution in [3.63, 3.8) is 0 Å². The number of rotatable bonds is 6. The van der Waals surface area contributed by atoms with Crippen LogP contribution in [0.4, 0.5) is 10.5 Å². The predicted molar refractivity (Wildman–Crippen MR) is 132 cm³/mol. The van der Waals surface area contributed by atoms with Gasteiger partial charge >= 0.3 is 6.03 Å². The highest BCUT2D eigenvalue weighted by molar-refractivity contribution is 5.91. The third-order valence-electron chi connectivity index (χ3n) is 5.57. The van der Waals surface area contributed by atoms with Gasteiger partial charge in [-0.05, 0) is 55.1 Å². The predicted octanol–water partition coefficient (Wildman–Crippen LogP) is 5.39. The molecule has 6 nitrogen and oxygen atoms in total. The zero-order valence-electron chi connectivity index (χ0n) is 19.0. The van der Waals surface area contributed by atoms with Crippen LogP contribution in [-0.4, -0.2) is 23.0 Å². The molecule has 0 atom stereocenters. The van der Waals surface area contributed by atoms with Crippen molar-refractivity contribution in [2.45, 2.75) is 26.9 Å². The van der Waals surface area contributed by atoms with Crippen LogP contribution in [-0.2, 0) is 13.1 Å². The molecule has 0 unspecified atom stereocenters. The third kappa shape index (κ3) is 5.23. The Hall–Kier alpha value is -4.06. The molecule has 0 aliphatic heterocycles. The van der Waals surface area contributed by atoms with Gasteiger partial charge in [0.15, 0.2) is 0 Å². The lowest BCUT2D eigenvalue weighted by Crippen LogP contribution is -2.35. The SMILES string of the molecule is COc1ccccc1NC(=O)N(Cc1ccc(C)cc1)Cc1cc2cc(C)ccc2[nH]c1=O. The Morgan fingerprint density at radius 1 is 0.939 bits per heavy atom. The molecule has 3 aromatic carbocycles. The first-order chi connectivity index (χ1) is 15.9. The summed E-state index contributed by atoms with van der Waals surface area (Å²) < 4.78 is 5.37. The first-order valence-corrected chi connectivity index (χ1v) is 10.8. The Balaban J connectivity index is 1.67. The number of hydrogen-bond donors (Lipinski definition) is 2. The van der Waals surface area contributed by atoms with Gasteiger partial charge in [-0.15, -0.1) is 0 Å². The van der Waals surface area contributed by atoms with Gasteiger partial charge in [0.1, 0.15) is 5.75 Å². The van der Waals surface area contributed by atoms with Crippen LogP contribution >= 0.6 is 0 Å². The van der Waals surface area contributed by atoms with E-state index in [4.69, 9.17) is 4.74 Å². The molecule has 4 aromatic rings. The second-order valence-corrected chi connectivity index (χ2v) is 8.19. The summed E-state index contributed by atoms with van der Waals surface area (Å²) >= 11 is 0. The van der Waals surface area contributed by atoms with Crippen LogP contribution in [0.3, 0.4) is 0 Å². The quantitative estimate of drug-likeness (QED) is 0.421. The third-order valence-corrected chi connectivity index (χ3v) is 5.57. The van der Waals surface area contributed by atoms with Crippen LogP contribution in [0.25, 0.3) is 10.9 Å². The minimum atomic E-state index is -0.316. The smallest absolute Gasteiger partial charge is 0.322 e. The van der Waals surface area contributed by atoms with Crippen molar-refractivity contribution in [1.82, 2.24) is 9.88 Å². The minimum Gasteiger partial charge on any atom is -0.495 e. The molecule has 2 amide bonds. The van der Waals surface area contributed by atoms with Gasteiger partial charge in [-0.1, -0.05) is 53.6 Å². The van der Waals surface area contributed by atoms with Crippen LogP contribution in [0.1, 0.15) is 22.3 Å². The number of nitrogens with one attached hydrogen (secondary N) is 2. The molecule has 0 aliphatic rings. The number of methoxy groups -OCH3 is 1. The number of H-pyrrole nitrogens is 1. The van der Waals surface area contributed by atoms with Gasteiger partial charge in [-0.3, -0.25) is 4.79 Å². The fraction of sp³-hybridized carbons (Fsp3) is 0.185. The fourth-order valence-electron chi connectivity index (χ4n) is 3.75. The zero-order valence-corrected chi connectivity index (χ0v) is 19.0. The van der Waals surface area contributed by atoms with Crippen molar-refractivity contribution in [3.05, 3.63) is 105 Å². The number of benzene rings is 3. The molecule has 0 bridgehead atoms. The number of aromatic amines is 1. The van der Waals surface area contributed by atoms with E-state index in [0.717, 1.165) is 27.6 Å². The molecule has 33 heavy (non-hydrogen) atoms. The number of fused-ring (bicyclic) bond motifs is 1. The summed E-state index contributed by atoms with van der Waals surface area (Å²) in [4.78, 5) is 30.7. The highest BCUT2D eigenvalue weighted by Crippen LogP contribution is 2.24. The first-order valence-electron chi connectivity index (χ1n) is 10.8. The second-order valence-electron chi connectivity index (χ2n) is 8.19. The normalized spacial score (nSPS) is 10.8. The summed E-state index contributed by atoms with van der Waals surface area (Å²) in [5, 5.41) is 3.86. The standard InChI is InChI=1S/C27H27N3O3/c1-18-8-11-20(12-9-18)16-30(27(32)29-24-6-4-5-7-25(24)33-3)17-22-15-21-14-19(2)10-13-23(21)28-26(22)31/h4-15H,16-17H2,1-3H3,(H,28,31)(H,29,32). The van der Waals surface area contributed by atoms with Crippen molar-refractivity contribution in [3.8, 4) is 5.75 Å². The number of urea groups is 1. The Bertz CT molecular complexity index is 1340. The summed E-state index contributed by atoms with van der Waals surface area (Å²) in [5.74, 6) is 0.570. The molecular formula is C27H27N3O3. The molecule has 168 valence electrons. The van der Waals surface area contributed by atoms with E-state index in [0.29, 0.717) is 23.5 Å². The number of carbonyl (C=O) groups excluding carboxylic acids is 1. The molecule has 0 radical (unpaired) electrons. The lowest BCUT2D eigenvalue weighted by Gasteiger charge is -2.24. The largest absolute Gasteiger partial charge is 0.495 e. The van der Waals surface area contributed by atoms with E-state index in [9.17, 15) is 9.59 Å². The molecule has 1 aromatic heterocycles. The number of ether oxygens (including phenoxy) is 1. The fourth-order valence-corrected chi connectivity index (χ4v) is 3.75. The van der Waals surface area contributed by atoms with Gasteiger partial charge < -0.3 is 19.9 Å². The highest BCUT2D eigenvalue weighted by Gasteiger charge is 2.18. The molecule has 0 saturated carbocycles. The number of carbonyl (C=O) groups is 1. The maximum Gasteiger partial charge on any atom is 0.322 e. The van der Waals surface area contributed by atoms with Gasteiger partial charge in [0, 0.05) is 17.6 Å². The van der Waals surface area contributed by atoms with Crippen molar-refractivity contribution in [1.29, 1.82) is 0 Å². The number of nitrogens with zero attached hydrogens (tertiary/aromatic N) is 1. The van der Waals surface area contributed by atoms with Crippen LogP contribution in [0.15, 0.2) is 77.6 Å². The topological polar surface area (TPSA) is 74.4 Å². The number of hydrogen-bond acceptors (Lipinski definition) is 3. The van der Waals surface area contributed by atoms with E-state index in [1.165, 1.54) is 0 Å². The Morgan fingerprint density at radius 3 is 2.42 bits per heavy atom. The van der Waals surface area contributed by atoms with Crippen molar-refractivity contribution in [2.75, 3.05) is 12.4 Å². The number of para-hydroxylation sites is 2. The van der Waals surface area contributed by atoms with E-state index in [2.05, 4.69) is 10.3 Å². The summed E-state index contributed by atoms with van der Waals surface area (Å²) in [6.07, 6.45) is 0. The van der Waals surface area contributed by atoms with Gasteiger partial charge in [-0.2, -0.15) is 0 Å². The van der Waals surface area contributed by atoms with Gasteiger partial charge in [0.2, 0.25) is 0 Å². The van der Waals surface area contributed by atoms with Gasteiger partial charge in [0.05, 0.1) is 19.3 Å². The summed E-state index contributed by atoms with van der Waals surface area (Å²) in [7, 11) is 1.56. The number of amides is 2. The first kappa shape index (κ1) is 22.1. The average molecular weight is 442 g/mol. The van der Waals surface area contributed by atoms with Crippen molar-refractivity contribution in [2.24, 2.45) is 0 Å². The van der Waals surface area contributed by atoms with E-state index in [-0.39, 0.29) is 18.1 Å². The van der Waals surface area contributed by atoms with E-state index in [1.54, 1.807) is 24.1 Å². The Kier molecular flexibility index (Phi) is 6.45. The molecule has 6 heteroatoms. The summed E-state index contributed by atoms with van der Waals surface area (Å²) in [5.41, 5.74) is 4.89. The Morgan fingerprint density at radius 2 is 1.67 bits per heavy atom. The second kappa shape index (κ2) is 9.61. The van der Waals surface area contributed by atoms with Crippen molar-refractivity contribution < 1.29 is 9.53 Å². The van der Waals surface area contributed by atoms with Gasteiger partial charge in [-0.25, -0.2) is 4.79 Å². The number of aromatic nitrogens is 1. The lowest BCUT2D eigenvalue weighted by molar-refractivity contribution is 0.206. The van der Waals surface area contributed by atoms with Crippen LogP contribution in [0.2, 0.25) is 0 Å². The average Bonchev–Trinajstić information content (AvgIpc) is 2.81. The molecule has 0 spiro atoms. The Labute approximate surface area is 192 Å². The van der Waals surface area contributed by atoms with Crippen molar-refractivity contribution >= 4 is 22.6 Å². The zero-order chi connectivity index (χ0) is 23.4. The molecular weight excluding hydrogens is 414 g/mol. The maximum absolute atomic E-state index is 13.3. The van der Waals surface area contributed by atoms with E-state index in [1.807, 2.05) is 74.5 Å². The number of anilines is 1. The molecule has 4 rings (SSSR count).